The van der Waals surface area contributed by atoms with E-state index in [0.29, 0.717) is 0 Å². The molecule has 0 amide bonds. The van der Waals surface area contributed by atoms with E-state index in [-0.39, 0.29) is 0 Å². The fourth-order valence-electron chi connectivity index (χ4n) is 4.11. The molecule has 0 spiro atoms. The number of nitrogens with zero attached hydrogens (tertiary/aromatic N) is 2. The van der Waals surface area contributed by atoms with Crippen molar-refractivity contribution in [1.29, 1.82) is 0 Å². The second kappa shape index (κ2) is 14.4. The molecule has 1 heterocycles. The number of aryl methyl sites for hydroxylation is 1. The van der Waals surface area contributed by atoms with Gasteiger partial charge in [0.2, 0.25) is 0 Å². The van der Waals surface area contributed by atoms with Crippen LogP contribution in [0.5, 0.6) is 0 Å². The third-order valence-electron chi connectivity index (χ3n) is 5.76. The number of unbranched alkanes of at least 4 members (excludes halogenated alkanes) is 11. The maximum absolute atomic E-state index is 2.45. The second-order valence-corrected chi connectivity index (χ2v) is 8.25. The average Bonchev–Trinajstić information content (AvgIpc) is 3.12. The van der Waals surface area contributed by atoms with Gasteiger partial charge in [0, 0.05) is 6.42 Å². The molecule has 0 unspecified atom stereocenters. The zero-order valence-electron chi connectivity index (χ0n) is 18.5. The van der Waals surface area contributed by atoms with Crippen molar-refractivity contribution >= 4 is 0 Å². The summed E-state index contributed by atoms with van der Waals surface area (Å²) in [6, 6.07) is 10.8. The fourth-order valence-corrected chi connectivity index (χ4v) is 4.11. The van der Waals surface area contributed by atoms with Crippen molar-refractivity contribution in [3.63, 3.8) is 0 Å². The van der Waals surface area contributed by atoms with Crippen molar-refractivity contribution in [1.82, 2.24) is 4.57 Å². The Kier molecular flexibility index (Phi) is 11.7. The minimum absolute atomic E-state index is 1.12. The monoisotopic (exact) mass is 383 g/mol. The molecule has 0 N–H and O–H groups in total. The summed E-state index contributed by atoms with van der Waals surface area (Å²) >= 11 is 0. The van der Waals surface area contributed by atoms with E-state index in [9.17, 15) is 0 Å². The van der Waals surface area contributed by atoms with Gasteiger partial charge in [-0.05, 0) is 25.0 Å². The molecular weight excluding hydrogens is 340 g/mol. The van der Waals surface area contributed by atoms with Gasteiger partial charge in [-0.15, -0.1) is 0 Å². The minimum Gasteiger partial charge on any atom is -0.234 e. The van der Waals surface area contributed by atoms with E-state index in [4.69, 9.17) is 0 Å². The van der Waals surface area contributed by atoms with E-state index >= 15 is 0 Å². The van der Waals surface area contributed by atoms with Crippen LogP contribution in [-0.2, 0) is 13.0 Å². The van der Waals surface area contributed by atoms with Crippen LogP contribution >= 0.6 is 0 Å². The molecule has 1 aromatic carbocycles. The van der Waals surface area contributed by atoms with Gasteiger partial charge in [-0.25, -0.2) is 4.57 Å². The molecule has 0 saturated carbocycles. The Hall–Kier alpha value is -1.57. The summed E-state index contributed by atoms with van der Waals surface area (Å²) in [5, 5.41) is 0. The van der Waals surface area contributed by atoms with Crippen LogP contribution in [0.15, 0.2) is 42.7 Å². The van der Waals surface area contributed by atoms with E-state index in [2.05, 4.69) is 65.7 Å². The zero-order chi connectivity index (χ0) is 19.9. The van der Waals surface area contributed by atoms with Gasteiger partial charge in [-0.1, -0.05) is 103 Å². The highest BCUT2D eigenvalue weighted by Crippen LogP contribution is 2.15. The maximum Gasteiger partial charge on any atom is 0.261 e. The molecule has 1 aromatic heterocycles. The zero-order valence-corrected chi connectivity index (χ0v) is 18.5. The number of aromatic nitrogens is 2. The molecule has 0 radical (unpaired) electrons. The number of hydrogen-bond acceptors (Lipinski definition) is 0. The van der Waals surface area contributed by atoms with Crippen LogP contribution in [0, 0.1) is 0 Å². The average molecular weight is 384 g/mol. The van der Waals surface area contributed by atoms with Gasteiger partial charge in [-0.2, -0.15) is 4.57 Å². The highest BCUT2D eigenvalue weighted by atomic mass is 15.1. The summed E-state index contributed by atoms with van der Waals surface area (Å²) in [7, 11) is 0. The summed E-state index contributed by atoms with van der Waals surface area (Å²) < 4.78 is 4.83. The molecule has 0 bridgehead atoms. The number of benzene rings is 1. The highest BCUT2D eigenvalue weighted by Gasteiger charge is 2.17. The smallest absolute Gasteiger partial charge is 0.234 e. The lowest BCUT2D eigenvalue weighted by atomic mass is 10.0. The summed E-state index contributed by atoms with van der Waals surface area (Å²) in [5.41, 5.74) is 1.28. The molecule has 0 fully saturated rings. The third-order valence-corrected chi connectivity index (χ3v) is 5.76. The summed E-state index contributed by atoms with van der Waals surface area (Å²) in [6.07, 6.45) is 23.8. The molecule has 0 aliphatic carbocycles. The Balaban J connectivity index is 1.65. The van der Waals surface area contributed by atoms with Crippen LogP contribution in [0.25, 0.3) is 5.69 Å². The van der Waals surface area contributed by atoms with Gasteiger partial charge < -0.3 is 0 Å². The predicted octanol–water partition coefficient (Wildman–Crippen LogP) is 7.42. The normalized spacial score (nSPS) is 11.2. The quantitative estimate of drug-likeness (QED) is 0.211. The molecular formula is C26H43N2+. The van der Waals surface area contributed by atoms with Crippen molar-refractivity contribution in [3.05, 3.63) is 48.5 Å². The Labute approximate surface area is 174 Å². The Bertz CT molecular complexity index is 615. The van der Waals surface area contributed by atoms with E-state index in [0.717, 1.165) is 6.54 Å². The molecule has 0 atom stereocenters. The lowest BCUT2D eigenvalue weighted by Gasteiger charge is -2.05. The summed E-state index contributed by atoms with van der Waals surface area (Å²) in [5.74, 6) is 1.46. The Morgan fingerprint density at radius 1 is 0.679 bits per heavy atom. The number of imidazole rings is 1. The van der Waals surface area contributed by atoms with E-state index in [1.165, 1.54) is 101 Å². The van der Waals surface area contributed by atoms with E-state index < -0.39 is 0 Å². The Morgan fingerprint density at radius 3 is 1.82 bits per heavy atom. The first kappa shape index (κ1) is 22.7. The van der Waals surface area contributed by atoms with Crippen molar-refractivity contribution in [2.24, 2.45) is 0 Å². The van der Waals surface area contributed by atoms with Crippen LogP contribution in [0.1, 0.15) is 103 Å². The van der Waals surface area contributed by atoms with E-state index in [1.54, 1.807) is 0 Å². The van der Waals surface area contributed by atoms with Crippen LogP contribution in [-0.4, -0.2) is 4.57 Å². The molecule has 2 heteroatoms. The van der Waals surface area contributed by atoms with Crippen LogP contribution < -0.4 is 4.57 Å². The number of hydrogen-bond donors (Lipinski definition) is 0. The van der Waals surface area contributed by atoms with E-state index in [1.807, 2.05) is 0 Å². The van der Waals surface area contributed by atoms with Gasteiger partial charge in [0.15, 0.2) is 0 Å². The molecule has 0 aliphatic rings. The van der Waals surface area contributed by atoms with Crippen molar-refractivity contribution < 1.29 is 4.57 Å². The summed E-state index contributed by atoms with van der Waals surface area (Å²) in [4.78, 5) is 0. The second-order valence-electron chi connectivity index (χ2n) is 8.25. The first-order chi connectivity index (χ1) is 13.9. The third kappa shape index (κ3) is 8.20. The maximum atomic E-state index is 2.45. The van der Waals surface area contributed by atoms with Crippen LogP contribution in [0.4, 0.5) is 0 Å². The van der Waals surface area contributed by atoms with Crippen molar-refractivity contribution in [2.75, 3.05) is 0 Å². The van der Waals surface area contributed by atoms with Crippen molar-refractivity contribution in [3.8, 4) is 5.69 Å². The first-order valence-corrected chi connectivity index (χ1v) is 12.0. The van der Waals surface area contributed by atoms with Gasteiger partial charge in [0.1, 0.15) is 18.1 Å². The van der Waals surface area contributed by atoms with Gasteiger partial charge in [0.25, 0.3) is 5.82 Å². The number of para-hydroxylation sites is 1. The molecule has 0 aliphatic heterocycles. The molecule has 156 valence electrons. The van der Waals surface area contributed by atoms with Gasteiger partial charge in [-0.3, -0.25) is 0 Å². The largest absolute Gasteiger partial charge is 0.261 e. The minimum atomic E-state index is 1.12. The SMILES string of the molecule is CCCCCCCCCCCCCCc1n(-c2ccccc2)cc[n+]1CCC. The fraction of sp³-hybridized carbons (Fsp3) is 0.654. The van der Waals surface area contributed by atoms with Gasteiger partial charge >= 0.3 is 0 Å². The van der Waals surface area contributed by atoms with Crippen molar-refractivity contribution in [2.45, 2.75) is 110 Å². The molecule has 2 aromatic rings. The number of rotatable bonds is 16. The van der Waals surface area contributed by atoms with Gasteiger partial charge in [0.05, 0.1) is 6.54 Å². The molecule has 2 rings (SSSR count). The summed E-state index contributed by atoms with van der Waals surface area (Å²) in [6.45, 7) is 5.68. The highest BCUT2D eigenvalue weighted by molar-refractivity contribution is 5.31. The lowest BCUT2D eigenvalue weighted by Crippen LogP contribution is -2.36. The Morgan fingerprint density at radius 2 is 1.25 bits per heavy atom. The molecule has 2 nitrogen and oxygen atoms in total. The standard InChI is InChI=1S/C26H43N2/c1-3-5-6-7-8-9-10-11-12-13-14-18-21-26-27(22-4-2)23-24-28(26)25-19-16-15-17-20-25/h15-17,19-20,23-24H,3-14,18,21-22H2,1-2H3/q+1. The molecule has 0 saturated heterocycles. The lowest BCUT2D eigenvalue weighted by molar-refractivity contribution is -0.703. The van der Waals surface area contributed by atoms with Crippen LogP contribution in [0.3, 0.4) is 0 Å². The predicted molar refractivity (Wildman–Crippen MR) is 121 cm³/mol. The first-order valence-electron chi connectivity index (χ1n) is 12.0. The van der Waals surface area contributed by atoms with Crippen LogP contribution in [0.2, 0.25) is 0 Å². The topological polar surface area (TPSA) is 8.81 Å². The molecule has 28 heavy (non-hydrogen) atoms.